The van der Waals surface area contributed by atoms with E-state index < -0.39 is 5.41 Å². The number of fused-ring (bicyclic) bond motifs is 2. The Labute approximate surface area is 159 Å². The second kappa shape index (κ2) is 5.89. The van der Waals surface area contributed by atoms with Crippen LogP contribution < -0.4 is 4.74 Å². The van der Waals surface area contributed by atoms with E-state index in [2.05, 4.69) is 0 Å². The van der Waals surface area contributed by atoms with Gasteiger partial charge in [-0.15, -0.1) is 22.7 Å². The summed E-state index contributed by atoms with van der Waals surface area (Å²) in [6.45, 7) is 0. The van der Waals surface area contributed by atoms with Gasteiger partial charge in [0.25, 0.3) is 0 Å². The summed E-state index contributed by atoms with van der Waals surface area (Å²) < 4.78 is 5.75. The summed E-state index contributed by atoms with van der Waals surface area (Å²) in [6, 6.07) is 15.7. The Bertz CT molecular complexity index is 926. The van der Waals surface area contributed by atoms with Gasteiger partial charge in [-0.05, 0) is 29.0 Å². The van der Waals surface area contributed by atoms with Crippen LogP contribution in [0.4, 0.5) is 0 Å². The number of thiophene rings is 2. The number of esters is 1. The molecular weight excluding hydrogens is 364 g/mol. The number of ether oxygens (including phenoxy) is 1. The zero-order valence-corrected chi connectivity index (χ0v) is 15.5. The molecule has 1 spiro atoms. The highest BCUT2D eigenvalue weighted by Crippen LogP contribution is 2.61. The lowest BCUT2D eigenvalue weighted by atomic mass is 9.56. The van der Waals surface area contributed by atoms with Crippen LogP contribution in [0, 0.1) is 0 Å². The van der Waals surface area contributed by atoms with Gasteiger partial charge in [-0.1, -0.05) is 30.3 Å². The van der Waals surface area contributed by atoms with Crippen molar-refractivity contribution in [2.45, 2.75) is 30.1 Å². The van der Waals surface area contributed by atoms with E-state index in [4.69, 9.17) is 4.74 Å². The van der Waals surface area contributed by atoms with E-state index in [-0.39, 0.29) is 23.6 Å². The van der Waals surface area contributed by atoms with Crippen LogP contribution in [0.1, 0.15) is 40.0 Å². The van der Waals surface area contributed by atoms with E-state index in [0.29, 0.717) is 18.6 Å². The third-order valence-electron chi connectivity index (χ3n) is 5.61. The molecule has 5 heteroatoms. The molecule has 1 saturated carbocycles. The molecule has 0 radical (unpaired) electrons. The molecule has 0 saturated heterocycles. The predicted molar refractivity (Wildman–Crippen MR) is 102 cm³/mol. The SMILES string of the molecule is O=C1C[C@H](c2cccs2)C2(C(=O)Oc3ccccc32)[C@@H](c2cccs2)C1. The first-order valence-corrected chi connectivity index (χ1v) is 10.4. The van der Waals surface area contributed by atoms with E-state index in [0.717, 1.165) is 15.3 Å². The van der Waals surface area contributed by atoms with Crippen molar-refractivity contribution < 1.29 is 14.3 Å². The van der Waals surface area contributed by atoms with E-state index in [9.17, 15) is 9.59 Å². The molecule has 5 rings (SSSR count). The Morgan fingerprint density at radius 1 is 0.846 bits per heavy atom. The average Bonchev–Trinajstić information content (AvgIpc) is 3.39. The third-order valence-corrected chi connectivity index (χ3v) is 7.58. The molecule has 1 aromatic carbocycles. The summed E-state index contributed by atoms with van der Waals surface area (Å²) in [5, 5.41) is 4.02. The number of para-hydroxylation sites is 1. The summed E-state index contributed by atoms with van der Waals surface area (Å²) in [7, 11) is 0. The smallest absolute Gasteiger partial charge is 0.323 e. The Morgan fingerprint density at radius 3 is 2.04 bits per heavy atom. The van der Waals surface area contributed by atoms with E-state index >= 15 is 0 Å². The molecule has 1 fully saturated rings. The molecule has 130 valence electrons. The highest BCUT2D eigenvalue weighted by atomic mass is 32.1. The van der Waals surface area contributed by atoms with Crippen LogP contribution in [-0.4, -0.2) is 11.8 Å². The van der Waals surface area contributed by atoms with Crippen molar-refractivity contribution in [3.05, 3.63) is 74.6 Å². The Morgan fingerprint density at radius 2 is 1.46 bits per heavy atom. The fourth-order valence-electron chi connectivity index (χ4n) is 4.58. The zero-order valence-electron chi connectivity index (χ0n) is 13.9. The standard InChI is InChI=1S/C21H16O3S2/c22-13-11-15(18-7-3-9-25-18)21(16(12-13)19-8-4-10-26-19)14-5-1-2-6-17(14)24-20(21)23/h1-10,15-16H,11-12H2/t15-,16-/m1/s1. The first-order valence-electron chi connectivity index (χ1n) is 8.61. The molecule has 1 aliphatic heterocycles. The summed E-state index contributed by atoms with van der Waals surface area (Å²) in [5.41, 5.74) is 0.0922. The van der Waals surface area contributed by atoms with Crippen LogP contribution >= 0.6 is 22.7 Å². The molecule has 0 N–H and O–H groups in total. The maximum atomic E-state index is 13.4. The molecule has 0 unspecified atom stereocenters. The maximum absolute atomic E-state index is 13.4. The first-order chi connectivity index (χ1) is 12.7. The van der Waals surface area contributed by atoms with Gasteiger partial charge in [-0.2, -0.15) is 0 Å². The minimum Gasteiger partial charge on any atom is -0.426 e. The lowest BCUT2D eigenvalue weighted by Gasteiger charge is -2.43. The maximum Gasteiger partial charge on any atom is 0.323 e. The number of hydrogen-bond donors (Lipinski definition) is 0. The van der Waals surface area contributed by atoms with Gasteiger partial charge in [0, 0.05) is 40.0 Å². The molecular formula is C21H16O3S2. The molecule has 3 nitrogen and oxygen atoms in total. The number of hydrogen-bond acceptors (Lipinski definition) is 5. The molecule has 26 heavy (non-hydrogen) atoms. The van der Waals surface area contributed by atoms with Gasteiger partial charge in [0.1, 0.15) is 16.9 Å². The third kappa shape index (κ3) is 2.10. The van der Waals surface area contributed by atoms with Gasteiger partial charge in [-0.25, -0.2) is 0 Å². The van der Waals surface area contributed by atoms with Crippen molar-refractivity contribution in [2.75, 3.05) is 0 Å². The van der Waals surface area contributed by atoms with Crippen molar-refractivity contribution in [1.29, 1.82) is 0 Å². The Hall–Kier alpha value is -2.24. The molecule has 2 aliphatic rings. The highest BCUT2D eigenvalue weighted by molar-refractivity contribution is 7.10. The summed E-state index contributed by atoms with van der Waals surface area (Å²) in [6.07, 6.45) is 0.762. The number of rotatable bonds is 2. The van der Waals surface area contributed by atoms with Crippen LogP contribution in [-0.2, 0) is 15.0 Å². The van der Waals surface area contributed by atoms with Crippen LogP contribution in [0.15, 0.2) is 59.3 Å². The molecule has 3 aromatic rings. The largest absolute Gasteiger partial charge is 0.426 e. The van der Waals surface area contributed by atoms with Crippen molar-refractivity contribution >= 4 is 34.4 Å². The predicted octanol–water partition coefficient (Wildman–Crippen LogP) is 4.90. The molecule has 1 aliphatic carbocycles. The zero-order chi connectivity index (χ0) is 17.7. The van der Waals surface area contributed by atoms with Gasteiger partial charge in [-0.3, -0.25) is 9.59 Å². The topological polar surface area (TPSA) is 43.4 Å². The first kappa shape index (κ1) is 16.0. The Kier molecular flexibility index (Phi) is 3.62. The molecule has 0 amide bonds. The van der Waals surface area contributed by atoms with Crippen LogP contribution in [0.2, 0.25) is 0 Å². The van der Waals surface area contributed by atoms with Crippen molar-refractivity contribution in [1.82, 2.24) is 0 Å². The van der Waals surface area contributed by atoms with E-state index in [1.807, 2.05) is 59.3 Å². The normalized spacial score (nSPS) is 23.8. The summed E-state index contributed by atoms with van der Waals surface area (Å²) in [4.78, 5) is 28.2. The number of carbonyl (C=O) groups excluding carboxylic acids is 2. The van der Waals surface area contributed by atoms with Crippen LogP contribution in [0.3, 0.4) is 0 Å². The lowest BCUT2D eigenvalue weighted by molar-refractivity contribution is -0.142. The summed E-state index contributed by atoms with van der Waals surface area (Å²) >= 11 is 3.22. The van der Waals surface area contributed by atoms with Gasteiger partial charge in [0.05, 0.1) is 0 Å². The molecule has 2 atom stereocenters. The molecule has 3 heterocycles. The number of ketones is 1. The van der Waals surface area contributed by atoms with Gasteiger partial charge >= 0.3 is 5.97 Å². The average molecular weight is 380 g/mol. The van der Waals surface area contributed by atoms with E-state index in [1.165, 1.54) is 0 Å². The monoisotopic (exact) mass is 380 g/mol. The van der Waals surface area contributed by atoms with Crippen molar-refractivity contribution in [3.63, 3.8) is 0 Å². The van der Waals surface area contributed by atoms with Gasteiger partial charge in [0.2, 0.25) is 0 Å². The quantitative estimate of drug-likeness (QED) is 0.469. The second-order valence-corrected chi connectivity index (χ2v) is 8.80. The minimum absolute atomic E-state index is 0.188. The number of carbonyl (C=O) groups is 2. The van der Waals surface area contributed by atoms with E-state index in [1.54, 1.807) is 22.7 Å². The molecule has 2 aromatic heterocycles. The van der Waals surface area contributed by atoms with Gasteiger partial charge in [0.15, 0.2) is 0 Å². The van der Waals surface area contributed by atoms with Crippen LogP contribution in [0.5, 0.6) is 5.75 Å². The minimum atomic E-state index is -0.833. The second-order valence-electron chi connectivity index (χ2n) is 6.84. The summed E-state index contributed by atoms with van der Waals surface area (Å²) in [5.74, 6) is 0.251. The fraction of sp³-hybridized carbons (Fsp3) is 0.238. The highest BCUT2D eigenvalue weighted by Gasteiger charge is 2.62. The van der Waals surface area contributed by atoms with Crippen molar-refractivity contribution in [3.8, 4) is 5.75 Å². The van der Waals surface area contributed by atoms with Gasteiger partial charge < -0.3 is 4.74 Å². The van der Waals surface area contributed by atoms with Crippen LogP contribution in [0.25, 0.3) is 0 Å². The number of benzene rings is 1. The fourth-order valence-corrected chi connectivity index (χ4v) is 6.39. The van der Waals surface area contributed by atoms with Crippen molar-refractivity contribution in [2.24, 2.45) is 0 Å². The molecule has 0 bridgehead atoms. The Balaban J connectivity index is 1.80. The lowest BCUT2D eigenvalue weighted by Crippen LogP contribution is -2.49. The number of Topliss-reactive ketones (excluding diaryl/α,β-unsaturated/α-hetero) is 1.